The second-order valence-corrected chi connectivity index (χ2v) is 5.91. The first-order chi connectivity index (χ1) is 10.6. The van der Waals surface area contributed by atoms with Gasteiger partial charge in [0.2, 0.25) is 5.91 Å². The molecule has 2 aromatic rings. The van der Waals surface area contributed by atoms with Crippen molar-refractivity contribution in [2.45, 2.75) is 12.6 Å². The third-order valence-electron chi connectivity index (χ3n) is 3.25. The first-order valence-corrected chi connectivity index (χ1v) is 7.80. The molecule has 3 amide bonds. The van der Waals surface area contributed by atoms with Crippen LogP contribution in [-0.4, -0.2) is 30.9 Å². The smallest absolute Gasteiger partial charge is 0.321 e. The standard InChI is InChI=1S/C16H19N3O2S/c1-17-16(21)18-15(20)14(12-7-4-3-5-8-12)19(2)11-13-9-6-10-22-13/h3-10,14H,11H2,1-2H3,(H2,17,18,20,21)/t14-/m1/s1. The zero-order chi connectivity index (χ0) is 15.9. The maximum absolute atomic E-state index is 12.5. The van der Waals surface area contributed by atoms with Crippen LogP contribution in [0.2, 0.25) is 0 Å². The normalized spacial score (nSPS) is 12.0. The highest BCUT2D eigenvalue weighted by Crippen LogP contribution is 2.23. The average Bonchev–Trinajstić information content (AvgIpc) is 3.01. The minimum absolute atomic E-state index is 0.343. The lowest BCUT2D eigenvalue weighted by Gasteiger charge is -2.26. The zero-order valence-corrected chi connectivity index (χ0v) is 13.4. The molecule has 2 N–H and O–H groups in total. The molecule has 5 nitrogen and oxygen atoms in total. The Morgan fingerprint density at radius 1 is 1.18 bits per heavy atom. The van der Waals surface area contributed by atoms with Crippen LogP contribution in [0.3, 0.4) is 0 Å². The molecule has 0 saturated heterocycles. The van der Waals surface area contributed by atoms with Gasteiger partial charge in [-0.05, 0) is 24.1 Å². The summed E-state index contributed by atoms with van der Waals surface area (Å²) in [5.74, 6) is -0.343. The molecule has 0 aliphatic rings. The molecule has 1 aromatic heterocycles. The second kappa shape index (κ2) is 7.72. The number of hydrogen-bond acceptors (Lipinski definition) is 4. The molecule has 0 aliphatic heterocycles. The predicted molar refractivity (Wildman–Crippen MR) is 87.6 cm³/mol. The van der Waals surface area contributed by atoms with Crippen LogP contribution in [0, 0.1) is 0 Å². The summed E-state index contributed by atoms with van der Waals surface area (Å²) in [7, 11) is 3.36. The van der Waals surface area contributed by atoms with Gasteiger partial charge in [-0.15, -0.1) is 11.3 Å². The fraction of sp³-hybridized carbons (Fsp3) is 0.250. The van der Waals surface area contributed by atoms with Crippen LogP contribution in [-0.2, 0) is 11.3 Å². The molecular weight excluding hydrogens is 298 g/mol. The van der Waals surface area contributed by atoms with Gasteiger partial charge in [-0.3, -0.25) is 15.0 Å². The zero-order valence-electron chi connectivity index (χ0n) is 12.6. The van der Waals surface area contributed by atoms with Crippen LogP contribution >= 0.6 is 11.3 Å². The van der Waals surface area contributed by atoms with Crippen molar-refractivity contribution in [3.63, 3.8) is 0 Å². The van der Waals surface area contributed by atoms with Crippen molar-refractivity contribution in [3.8, 4) is 0 Å². The first-order valence-electron chi connectivity index (χ1n) is 6.92. The monoisotopic (exact) mass is 317 g/mol. The summed E-state index contributed by atoms with van der Waals surface area (Å²) < 4.78 is 0. The Bertz CT molecular complexity index is 614. The fourth-order valence-corrected chi connectivity index (χ4v) is 2.99. The van der Waals surface area contributed by atoms with E-state index in [1.54, 1.807) is 11.3 Å². The lowest BCUT2D eigenvalue weighted by Crippen LogP contribution is -2.44. The van der Waals surface area contributed by atoms with Gasteiger partial charge >= 0.3 is 6.03 Å². The van der Waals surface area contributed by atoms with Crippen LogP contribution in [0.15, 0.2) is 47.8 Å². The molecule has 0 unspecified atom stereocenters. The Labute approximate surface area is 134 Å². The highest BCUT2D eigenvalue weighted by Gasteiger charge is 2.26. The summed E-state index contributed by atoms with van der Waals surface area (Å²) in [5, 5.41) is 6.77. The summed E-state index contributed by atoms with van der Waals surface area (Å²) in [4.78, 5) is 27.0. The van der Waals surface area contributed by atoms with Crippen LogP contribution in [0.1, 0.15) is 16.5 Å². The topological polar surface area (TPSA) is 61.4 Å². The predicted octanol–water partition coefficient (Wildman–Crippen LogP) is 2.38. The summed E-state index contributed by atoms with van der Waals surface area (Å²) in [6.45, 7) is 0.637. The molecule has 2 rings (SSSR count). The van der Waals surface area contributed by atoms with Gasteiger partial charge in [-0.1, -0.05) is 36.4 Å². The number of urea groups is 1. The van der Waals surface area contributed by atoms with E-state index in [-0.39, 0.29) is 5.91 Å². The SMILES string of the molecule is CNC(=O)NC(=O)[C@@H](c1ccccc1)N(C)Cc1cccs1. The number of carbonyl (C=O) groups excluding carboxylic acids is 2. The second-order valence-electron chi connectivity index (χ2n) is 4.88. The first kappa shape index (κ1) is 16.2. The molecule has 0 aliphatic carbocycles. The van der Waals surface area contributed by atoms with Crippen molar-refractivity contribution >= 4 is 23.3 Å². The van der Waals surface area contributed by atoms with Gasteiger partial charge in [0, 0.05) is 18.5 Å². The molecule has 116 valence electrons. The maximum Gasteiger partial charge on any atom is 0.321 e. The van der Waals surface area contributed by atoms with E-state index in [1.807, 2.05) is 59.8 Å². The quantitative estimate of drug-likeness (QED) is 0.890. The van der Waals surface area contributed by atoms with Gasteiger partial charge in [-0.25, -0.2) is 4.79 Å². The molecule has 0 bridgehead atoms. The van der Waals surface area contributed by atoms with E-state index in [0.717, 1.165) is 10.4 Å². The number of likely N-dealkylation sites (N-methyl/N-ethyl adjacent to an activating group) is 1. The lowest BCUT2D eigenvalue weighted by molar-refractivity contribution is -0.125. The lowest BCUT2D eigenvalue weighted by atomic mass is 10.0. The van der Waals surface area contributed by atoms with E-state index >= 15 is 0 Å². The van der Waals surface area contributed by atoms with E-state index in [0.29, 0.717) is 6.54 Å². The Hall–Kier alpha value is -2.18. The van der Waals surface area contributed by atoms with E-state index < -0.39 is 12.1 Å². The number of nitrogens with zero attached hydrogens (tertiary/aromatic N) is 1. The van der Waals surface area contributed by atoms with Crippen molar-refractivity contribution in [1.82, 2.24) is 15.5 Å². The molecule has 1 aromatic carbocycles. The number of amides is 3. The van der Waals surface area contributed by atoms with Gasteiger partial charge in [0.1, 0.15) is 6.04 Å². The Kier molecular flexibility index (Phi) is 5.68. The number of thiophene rings is 1. The number of hydrogen-bond donors (Lipinski definition) is 2. The number of rotatable bonds is 5. The Balaban J connectivity index is 2.21. The van der Waals surface area contributed by atoms with Crippen molar-refractivity contribution < 1.29 is 9.59 Å². The van der Waals surface area contributed by atoms with Crippen molar-refractivity contribution in [1.29, 1.82) is 0 Å². The number of carbonyl (C=O) groups is 2. The Morgan fingerprint density at radius 3 is 2.50 bits per heavy atom. The van der Waals surface area contributed by atoms with Crippen LogP contribution < -0.4 is 10.6 Å². The van der Waals surface area contributed by atoms with Gasteiger partial charge in [0.25, 0.3) is 0 Å². The molecule has 0 spiro atoms. The number of benzene rings is 1. The van der Waals surface area contributed by atoms with Crippen LogP contribution in [0.5, 0.6) is 0 Å². The number of nitrogens with one attached hydrogen (secondary N) is 2. The molecule has 22 heavy (non-hydrogen) atoms. The third-order valence-corrected chi connectivity index (χ3v) is 4.11. The molecular formula is C16H19N3O2S. The highest BCUT2D eigenvalue weighted by atomic mass is 32.1. The van der Waals surface area contributed by atoms with Gasteiger partial charge in [0.15, 0.2) is 0 Å². The minimum atomic E-state index is -0.527. The maximum atomic E-state index is 12.5. The fourth-order valence-electron chi connectivity index (χ4n) is 2.22. The van der Waals surface area contributed by atoms with Gasteiger partial charge in [-0.2, -0.15) is 0 Å². The van der Waals surface area contributed by atoms with E-state index in [4.69, 9.17) is 0 Å². The average molecular weight is 317 g/mol. The summed E-state index contributed by atoms with van der Waals surface area (Å²) in [6.07, 6.45) is 0. The van der Waals surface area contributed by atoms with E-state index in [1.165, 1.54) is 7.05 Å². The molecule has 1 heterocycles. The van der Waals surface area contributed by atoms with Crippen LogP contribution in [0.25, 0.3) is 0 Å². The third kappa shape index (κ3) is 4.16. The summed E-state index contributed by atoms with van der Waals surface area (Å²) in [5.41, 5.74) is 0.850. The van der Waals surface area contributed by atoms with Gasteiger partial charge in [0.05, 0.1) is 0 Å². The molecule has 0 saturated carbocycles. The van der Waals surface area contributed by atoms with Gasteiger partial charge < -0.3 is 5.32 Å². The van der Waals surface area contributed by atoms with Crippen LogP contribution in [0.4, 0.5) is 4.79 Å². The van der Waals surface area contributed by atoms with E-state index in [2.05, 4.69) is 10.6 Å². The van der Waals surface area contributed by atoms with Crippen molar-refractivity contribution in [2.75, 3.05) is 14.1 Å². The van der Waals surface area contributed by atoms with Crippen molar-refractivity contribution in [2.24, 2.45) is 0 Å². The number of imide groups is 1. The summed E-state index contributed by atoms with van der Waals surface area (Å²) >= 11 is 1.64. The minimum Gasteiger partial charge on any atom is -0.341 e. The molecule has 1 atom stereocenters. The van der Waals surface area contributed by atoms with E-state index in [9.17, 15) is 9.59 Å². The highest BCUT2D eigenvalue weighted by molar-refractivity contribution is 7.09. The molecule has 0 fully saturated rings. The summed E-state index contributed by atoms with van der Waals surface area (Å²) in [6, 6.07) is 12.4. The molecule has 0 radical (unpaired) electrons. The largest absolute Gasteiger partial charge is 0.341 e. The molecule has 6 heteroatoms. The van der Waals surface area contributed by atoms with Crippen molar-refractivity contribution in [3.05, 3.63) is 58.3 Å². The Morgan fingerprint density at radius 2 is 1.91 bits per heavy atom.